The maximum atomic E-state index is 13.6. The van der Waals surface area contributed by atoms with E-state index in [-0.39, 0.29) is 17.3 Å². The van der Waals surface area contributed by atoms with Crippen LogP contribution in [-0.4, -0.2) is 9.13 Å². The molecule has 0 N–H and O–H groups in total. The van der Waals surface area contributed by atoms with Crippen LogP contribution in [0, 0.1) is 5.82 Å². The van der Waals surface area contributed by atoms with Crippen molar-refractivity contribution in [2.24, 2.45) is 7.05 Å². The minimum absolute atomic E-state index is 0.0708. The maximum absolute atomic E-state index is 13.6. The fourth-order valence-electron chi connectivity index (χ4n) is 1.49. The van der Waals surface area contributed by atoms with Crippen molar-refractivity contribution in [3.63, 3.8) is 0 Å². The average molecular weight is 241 g/mol. The lowest BCUT2D eigenvalue weighted by molar-refractivity contribution is 0.594. The zero-order chi connectivity index (χ0) is 11.7. The molecule has 16 heavy (non-hydrogen) atoms. The molecule has 2 rings (SSSR count). The molecule has 0 saturated heterocycles. The van der Waals surface area contributed by atoms with Crippen LogP contribution in [0.15, 0.2) is 35.4 Å². The molecular formula is C11H10ClFN2O. The van der Waals surface area contributed by atoms with Gasteiger partial charge in [0.25, 0.3) is 0 Å². The van der Waals surface area contributed by atoms with Crippen molar-refractivity contribution >= 4 is 11.6 Å². The summed E-state index contributed by atoms with van der Waals surface area (Å²) in [5.74, 6) is -0.472. The summed E-state index contributed by atoms with van der Waals surface area (Å²) in [5.41, 5.74) is 0.222. The topological polar surface area (TPSA) is 26.9 Å². The Morgan fingerprint density at radius 3 is 2.75 bits per heavy atom. The number of aromatic nitrogens is 2. The maximum Gasteiger partial charge on any atom is 0.328 e. The number of nitrogens with zero attached hydrogens (tertiary/aromatic N) is 2. The van der Waals surface area contributed by atoms with E-state index in [1.165, 1.54) is 15.2 Å². The molecule has 84 valence electrons. The van der Waals surface area contributed by atoms with E-state index >= 15 is 0 Å². The van der Waals surface area contributed by atoms with Crippen LogP contribution < -0.4 is 5.69 Å². The van der Waals surface area contributed by atoms with Crippen LogP contribution in [0.3, 0.4) is 0 Å². The summed E-state index contributed by atoms with van der Waals surface area (Å²) in [4.78, 5) is 11.5. The first-order valence-corrected chi connectivity index (χ1v) is 5.12. The van der Waals surface area contributed by atoms with Crippen LogP contribution in [0.25, 0.3) is 0 Å². The number of aryl methyl sites for hydroxylation is 1. The Morgan fingerprint density at radius 1 is 1.38 bits per heavy atom. The van der Waals surface area contributed by atoms with Crippen LogP contribution in [0.2, 0.25) is 5.02 Å². The lowest BCUT2D eigenvalue weighted by Gasteiger charge is -2.04. The fourth-order valence-corrected chi connectivity index (χ4v) is 1.68. The van der Waals surface area contributed by atoms with E-state index in [0.29, 0.717) is 5.56 Å². The second kappa shape index (κ2) is 4.14. The van der Waals surface area contributed by atoms with E-state index in [4.69, 9.17) is 11.6 Å². The van der Waals surface area contributed by atoms with Gasteiger partial charge in [-0.05, 0) is 6.07 Å². The predicted octanol–water partition coefficient (Wildman–Crippen LogP) is 2.03. The Labute approximate surface area is 96.7 Å². The second-order valence-electron chi connectivity index (χ2n) is 3.53. The monoisotopic (exact) mass is 240 g/mol. The minimum Gasteiger partial charge on any atom is -0.302 e. The van der Waals surface area contributed by atoms with Crippen LogP contribution in [0.1, 0.15) is 5.56 Å². The highest BCUT2D eigenvalue weighted by atomic mass is 35.5. The van der Waals surface area contributed by atoms with Crippen molar-refractivity contribution in [2.45, 2.75) is 6.54 Å². The van der Waals surface area contributed by atoms with Gasteiger partial charge in [-0.3, -0.25) is 4.57 Å². The van der Waals surface area contributed by atoms with E-state index in [1.54, 1.807) is 31.6 Å². The number of benzene rings is 1. The zero-order valence-electron chi connectivity index (χ0n) is 8.65. The highest BCUT2D eigenvalue weighted by molar-refractivity contribution is 6.30. The lowest BCUT2D eigenvalue weighted by Crippen LogP contribution is -2.22. The van der Waals surface area contributed by atoms with Crippen molar-refractivity contribution in [1.82, 2.24) is 9.13 Å². The first-order chi connectivity index (χ1) is 7.59. The number of rotatable bonds is 2. The van der Waals surface area contributed by atoms with Gasteiger partial charge < -0.3 is 4.57 Å². The molecule has 0 aliphatic heterocycles. The van der Waals surface area contributed by atoms with Crippen LogP contribution in [0.5, 0.6) is 0 Å². The van der Waals surface area contributed by atoms with Gasteiger partial charge in [-0.25, -0.2) is 9.18 Å². The molecule has 0 atom stereocenters. The third-order valence-corrected chi connectivity index (χ3v) is 2.68. The van der Waals surface area contributed by atoms with Gasteiger partial charge in [-0.15, -0.1) is 0 Å². The highest BCUT2D eigenvalue weighted by Gasteiger charge is 2.08. The molecule has 0 unspecified atom stereocenters. The number of hydrogen-bond acceptors (Lipinski definition) is 1. The van der Waals surface area contributed by atoms with Gasteiger partial charge in [0.2, 0.25) is 0 Å². The molecule has 1 heterocycles. The van der Waals surface area contributed by atoms with Crippen molar-refractivity contribution < 1.29 is 4.39 Å². The van der Waals surface area contributed by atoms with E-state index in [0.717, 1.165) is 0 Å². The number of hydrogen-bond donors (Lipinski definition) is 0. The molecule has 3 nitrogen and oxygen atoms in total. The van der Waals surface area contributed by atoms with Gasteiger partial charge in [0, 0.05) is 25.0 Å². The summed E-state index contributed by atoms with van der Waals surface area (Å²) in [6.45, 7) is 0.187. The number of imidazole rings is 1. The lowest BCUT2D eigenvalue weighted by atomic mass is 10.2. The minimum atomic E-state index is -0.472. The van der Waals surface area contributed by atoms with Gasteiger partial charge in [-0.1, -0.05) is 23.7 Å². The first kappa shape index (κ1) is 11.0. The third kappa shape index (κ3) is 1.88. The largest absolute Gasteiger partial charge is 0.328 e. The normalized spacial score (nSPS) is 10.7. The second-order valence-corrected chi connectivity index (χ2v) is 3.94. The Morgan fingerprint density at radius 2 is 2.12 bits per heavy atom. The van der Waals surface area contributed by atoms with E-state index < -0.39 is 5.82 Å². The molecule has 0 bridgehead atoms. The Balaban J connectivity index is 2.38. The van der Waals surface area contributed by atoms with Crippen LogP contribution >= 0.6 is 11.6 Å². The summed E-state index contributed by atoms with van der Waals surface area (Å²) in [6.07, 6.45) is 3.24. The molecule has 1 aromatic carbocycles. The fraction of sp³-hybridized carbons (Fsp3) is 0.182. The van der Waals surface area contributed by atoms with Gasteiger partial charge in [0.1, 0.15) is 5.82 Å². The Bertz CT molecular complexity index is 574. The van der Waals surface area contributed by atoms with Crippen LogP contribution in [-0.2, 0) is 13.6 Å². The van der Waals surface area contributed by atoms with Crippen molar-refractivity contribution in [2.75, 3.05) is 0 Å². The van der Waals surface area contributed by atoms with Crippen molar-refractivity contribution in [3.05, 3.63) is 57.5 Å². The van der Waals surface area contributed by atoms with Crippen LogP contribution in [0.4, 0.5) is 4.39 Å². The molecular weight excluding hydrogens is 231 g/mol. The summed E-state index contributed by atoms with van der Waals surface area (Å²) in [6, 6.07) is 4.75. The van der Waals surface area contributed by atoms with Gasteiger partial charge in [-0.2, -0.15) is 0 Å². The van der Waals surface area contributed by atoms with Gasteiger partial charge in [0.05, 0.1) is 11.6 Å². The van der Waals surface area contributed by atoms with E-state index in [9.17, 15) is 9.18 Å². The standard InChI is InChI=1S/C11H10ClFN2O/c1-14-5-6-15(11(14)16)7-8-3-2-4-9(12)10(8)13/h2-6H,7H2,1H3. The first-order valence-electron chi connectivity index (χ1n) is 4.74. The molecule has 0 aliphatic rings. The molecule has 1 aromatic heterocycles. The molecule has 5 heteroatoms. The summed E-state index contributed by atoms with van der Waals surface area (Å²) >= 11 is 5.66. The molecule has 0 saturated carbocycles. The smallest absolute Gasteiger partial charge is 0.302 e. The van der Waals surface area contributed by atoms with Gasteiger partial charge in [0.15, 0.2) is 0 Å². The summed E-state index contributed by atoms with van der Waals surface area (Å²) in [7, 11) is 1.65. The predicted molar refractivity (Wildman–Crippen MR) is 60.2 cm³/mol. The van der Waals surface area contributed by atoms with E-state index in [1.807, 2.05) is 0 Å². The SMILES string of the molecule is Cn1ccn(Cc2cccc(Cl)c2F)c1=O. The van der Waals surface area contributed by atoms with Gasteiger partial charge >= 0.3 is 5.69 Å². The summed E-state index contributed by atoms with van der Waals surface area (Å²) in [5, 5.41) is 0.0708. The Hall–Kier alpha value is -1.55. The molecule has 2 aromatic rings. The third-order valence-electron chi connectivity index (χ3n) is 2.39. The van der Waals surface area contributed by atoms with Crippen molar-refractivity contribution in [1.29, 1.82) is 0 Å². The molecule has 0 radical (unpaired) electrons. The molecule has 0 spiro atoms. The molecule has 0 aliphatic carbocycles. The Kier molecular flexibility index (Phi) is 2.83. The van der Waals surface area contributed by atoms with Crippen molar-refractivity contribution in [3.8, 4) is 0 Å². The average Bonchev–Trinajstić information content (AvgIpc) is 2.57. The molecule has 0 fully saturated rings. The van der Waals surface area contributed by atoms with E-state index in [2.05, 4.69) is 0 Å². The highest BCUT2D eigenvalue weighted by Crippen LogP contribution is 2.18. The number of halogens is 2. The summed E-state index contributed by atoms with van der Waals surface area (Å²) < 4.78 is 16.4. The quantitative estimate of drug-likeness (QED) is 0.789. The zero-order valence-corrected chi connectivity index (χ0v) is 9.41. The molecule has 0 amide bonds.